The number of carbonyl (C=O) groups excluding carboxylic acids is 1. The van der Waals surface area contributed by atoms with Crippen LogP contribution in [-0.2, 0) is 4.74 Å². The van der Waals surface area contributed by atoms with Crippen molar-refractivity contribution in [3.05, 3.63) is 16.1 Å². The number of likely N-dealkylation sites (tertiary alicyclic amines) is 1. The zero-order valence-electron chi connectivity index (χ0n) is 13.2. The first-order valence-corrected chi connectivity index (χ1v) is 8.40. The van der Waals surface area contributed by atoms with Crippen LogP contribution in [0.5, 0.6) is 0 Å². The van der Waals surface area contributed by atoms with Crippen molar-refractivity contribution >= 4 is 17.4 Å². The van der Waals surface area contributed by atoms with E-state index in [1.807, 2.05) is 18.9 Å². The molecule has 1 aromatic heterocycles. The summed E-state index contributed by atoms with van der Waals surface area (Å²) in [7, 11) is 3.56. The van der Waals surface area contributed by atoms with Gasteiger partial charge in [-0.05, 0) is 26.2 Å². The number of urea groups is 1. The number of piperidine rings is 1. The van der Waals surface area contributed by atoms with E-state index in [0.717, 1.165) is 44.6 Å². The zero-order valence-corrected chi connectivity index (χ0v) is 14.0. The topological polar surface area (TPSA) is 45.7 Å². The molecule has 0 N–H and O–H groups in total. The molecule has 6 heteroatoms. The highest BCUT2D eigenvalue weighted by Gasteiger charge is 2.26. The fraction of sp³-hybridized carbons (Fsp3) is 0.733. The molecule has 0 aliphatic carbocycles. The van der Waals surface area contributed by atoms with Crippen LogP contribution in [0.2, 0.25) is 0 Å². The summed E-state index contributed by atoms with van der Waals surface area (Å²) in [5.41, 5.74) is 1.10. The summed E-state index contributed by atoms with van der Waals surface area (Å²) in [5, 5.41) is 3.34. The second-order valence-corrected chi connectivity index (χ2v) is 6.53. The maximum Gasteiger partial charge on any atom is 0.319 e. The Hall–Kier alpha value is -1.14. The monoisotopic (exact) mass is 311 g/mol. The van der Waals surface area contributed by atoms with Crippen molar-refractivity contribution in [3.8, 4) is 0 Å². The summed E-state index contributed by atoms with van der Waals surface area (Å²) in [6, 6.07) is 0.139. The van der Waals surface area contributed by atoms with Gasteiger partial charge in [0, 0.05) is 57.4 Å². The first-order valence-electron chi connectivity index (χ1n) is 7.53. The van der Waals surface area contributed by atoms with Crippen LogP contribution in [0, 0.1) is 6.92 Å². The molecule has 0 bridgehead atoms. The van der Waals surface area contributed by atoms with Gasteiger partial charge in [0.25, 0.3) is 0 Å². The molecule has 0 spiro atoms. The minimum Gasteiger partial charge on any atom is -0.385 e. The van der Waals surface area contributed by atoms with Crippen molar-refractivity contribution < 1.29 is 9.53 Å². The van der Waals surface area contributed by atoms with Crippen LogP contribution in [0.3, 0.4) is 0 Å². The van der Waals surface area contributed by atoms with Crippen molar-refractivity contribution in [1.82, 2.24) is 14.8 Å². The Labute approximate surface area is 130 Å². The van der Waals surface area contributed by atoms with E-state index in [-0.39, 0.29) is 6.03 Å². The first-order chi connectivity index (χ1) is 10.1. The summed E-state index contributed by atoms with van der Waals surface area (Å²) < 4.78 is 5.03. The Morgan fingerprint density at radius 2 is 2.24 bits per heavy atom. The number of rotatable bonds is 5. The van der Waals surface area contributed by atoms with Crippen LogP contribution in [-0.4, -0.2) is 61.2 Å². The van der Waals surface area contributed by atoms with Crippen molar-refractivity contribution in [2.75, 3.05) is 40.4 Å². The molecule has 0 aromatic carbocycles. The smallest absolute Gasteiger partial charge is 0.319 e. The van der Waals surface area contributed by atoms with Gasteiger partial charge >= 0.3 is 6.03 Å². The molecule has 1 aliphatic heterocycles. The Kier molecular flexibility index (Phi) is 5.99. The van der Waals surface area contributed by atoms with Gasteiger partial charge in [0.05, 0.1) is 5.01 Å². The average Bonchev–Trinajstić information content (AvgIpc) is 2.93. The number of amides is 2. The number of hydrogen-bond donors (Lipinski definition) is 0. The van der Waals surface area contributed by atoms with Crippen LogP contribution in [0.1, 0.15) is 35.9 Å². The van der Waals surface area contributed by atoms with E-state index in [2.05, 4.69) is 10.4 Å². The van der Waals surface area contributed by atoms with Crippen molar-refractivity contribution in [2.24, 2.45) is 0 Å². The van der Waals surface area contributed by atoms with Gasteiger partial charge in [0.1, 0.15) is 0 Å². The van der Waals surface area contributed by atoms with Crippen LogP contribution in [0.4, 0.5) is 4.79 Å². The predicted octanol–water partition coefficient (Wildman–Crippen LogP) is 2.72. The zero-order chi connectivity index (χ0) is 15.2. The molecule has 0 unspecified atom stereocenters. The SMILES string of the molecule is COCCCN(C)C(=O)N1CCC(c2nc(C)cs2)CC1. The van der Waals surface area contributed by atoms with Gasteiger partial charge in [-0.3, -0.25) is 0 Å². The molecular weight excluding hydrogens is 286 g/mol. The largest absolute Gasteiger partial charge is 0.385 e. The lowest BCUT2D eigenvalue weighted by Gasteiger charge is -2.34. The van der Waals surface area contributed by atoms with Crippen molar-refractivity contribution in [3.63, 3.8) is 0 Å². The van der Waals surface area contributed by atoms with Gasteiger partial charge < -0.3 is 14.5 Å². The third kappa shape index (κ3) is 4.41. The maximum absolute atomic E-state index is 12.3. The van der Waals surface area contributed by atoms with E-state index in [1.165, 1.54) is 5.01 Å². The van der Waals surface area contributed by atoms with Gasteiger partial charge in [0.15, 0.2) is 0 Å². The lowest BCUT2D eigenvalue weighted by molar-refractivity contribution is 0.140. The molecule has 0 saturated carbocycles. The second-order valence-electron chi connectivity index (χ2n) is 5.64. The molecule has 2 rings (SSSR count). The quantitative estimate of drug-likeness (QED) is 0.786. The number of nitrogens with zero attached hydrogens (tertiary/aromatic N) is 3. The summed E-state index contributed by atoms with van der Waals surface area (Å²) in [6.07, 6.45) is 2.92. The molecule has 2 amide bonds. The Morgan fingerprint density at radius 3 is 2.81 bits per heavy atom. The summed E-state index contributed by atoms with van der Waals surface area (Å²) in [4.78, 5) is 20.7. The molecule has 1 aromatic rings. The third-order valence-corrected chi connectivity index (χ3v) is 5.05. The molecule has 0 radical (unpaired) electrons. The number of carbonyl (C=O) groups is 1. The third-order valence-electron chi connectivity index (χ3n) is 3.92. The maximum atomic E-state index is 12.3. The molecule has 21 heavy (non-hydrogen) atoms. The summed E-state index contributed by atoms with van der Waals surface area (Å²) in [6.45, 7) is 5.14. The Bertz CT molecular complexity index is 456. The molecule has 1 aliphatic rings. The number of hydrogen-bond acceptors (Lipinski definition) is 4. The van der Waals surface area contributed by atoms with Gasteiger partial charge in [-0.1, -0.05) is 0 Å². The standard InChI is InChI=1S/C15H25N3O2S/c1-12-11-21-14(16-12)13-5-8-18(9-6-13)15(19)17(2)7-4-10-20-3/h11,13H,4-10H2,1-3H3. The van der Waals surface area contributed by atoms with E-state index in [1.54, 1.807) is 23.3 Å². The highest BCUT2D eigenvalue weighted by molar-refractivity contribution is 7.09. The van der Waals surface area contributed by atoms with Crippen LogP contribution >= 0.6 is 11.3 Å². The van der Waals surface area contributed by atoms with Gasteiger partial charge in [-0.25, -0.2) is 9.78 Å². The number of aryl methyl sites for hydroxylation is 1. The summed E-state index contributed by atoms with van der Waals surface area (Å²) in [5.74, 6) is 0.520. The minimum atomic E-state index is 0.139. The van der Waals surface area contributed by atoms with Gasteiger partial charge in [-0.15, -0.1) is 11.3 Å². The Balaban J connectivity index is 1.79. The van der Waals surface area contributed by atoms with E-state index >= 15 is 0 Å². The summed E-state index contributed by atoms with van der Waals surface area (Å²) >= 11 is 1.75. The van der Waals surface area contributed by atoms with Crippen LogP contribution in [0.15, 0.2) is 5.38 Å². The van der Waals surface area contributed by atoms with Crippen LogP contribution < -0.4 is 0 Å². The second kappa shape index (κ2) is 7.75. The minimum absolute atomic E-state index is 0.139. The molecule has 2 heterocycles. The average molecular weight is 311 g/mol. The molecular formula is C15H25N3O2S. The Morgan fingerprint density at radius 1 is 1.52 bits per heavy atom. The van der Waals surface area contributed by atoms with Crippen LogP contribution in [0.25, 0.3) is 0 Å². The van der Waals surface area contributed by atoms with Crippen molar-refractivity contribution in [2.45, 2.75) is 32.1 Å². The van der Waals surface area contributed by atoms with Crippen molar-refractivity contribution in [1.29, 1.82) is 0 Å². The highest BCUT2D eigenvalue weighted by atomic mass is 32.1. The number of ether oxygens (including phenoxy) is 1. The molecule has 118 valence electrons. The van der Waals surface area contributed by atoms with E-state index < -0.39 is 0 Å². The van der Waals surface area contributed by atoms with Gasteiger partial charge in [-0.2, -0.15) is 0 Å². The van der Waals surface area contributed by atoms with E-state index in [9.17, 15) is 4.79 Å². The first kappa shape index (κ1) is 16.2. The number of aromatic nitrogens is 1. The van der Waals surface area contributed by atoms with Gasteiger partial charge in [0.2, 0.25) is 0 Å². The molecule has 5 nitrogen and oxygen atoms in total. The van der Waals surface area contributed by atoms with E-state index in [0.29, 0.717) is 12.5 Å². The fourth-order valence-corrected chi connectivity index (χ4v) is 3.63. The molecule has 1 saturated heterocycles. The molecule has 1 fully saturated rings. The van der Waals surface area contributed by atoms with E-state index in [4.69, 9.17) is 4.74 Å². The fourth-order valence-electron chi connectivity index (χ4n) is 2.66. The number of methoxy groups -OCH3 is 1. The normalized spacial score (nSPS) is 16.2. The highest BCUT2D eigenvalue weighted by Crippen LogP contribution is 2.30. The molecule has 0 atom stereocenters. The lowest BCUT2D eigenvalue weighted by Crippen LogP contribution is -2.45. The lowest BCUT2D eigenvalue weighted by atomic mass is 9.98. The predicted molar refractivity (Wildman–Crippen MR) is 84.9 cm³/mol. The number of thiazole rings is 1.